The predicted molar refractivity (Wildman–Crippen MR) is 54.4 cm³/mol. The molecule has 0 aliphatic carbocycles. The van der Waals surface area contributed by atoms with Crippen molar-refractivity contribution in [3.8, 4) is 0 Å². The van der Waals surface area contributed by atoms with Crippen LogP contribution in [0, 0.1) is 0 Å². The molecule has 2 nitrogen and oxygen atoms in total. The molecule has 1 aliphatic heterocycles. The molecule has 1 unspecified atom stereocenters. The normalized spacial score (nSPS) is 22.2. The highest BCUT2D eigenvalue weighted by atomic mass is 19.4. The molecule has 0 N–H and O–H groups in total. The number of hydrogen-bond acceptors (Lipinski definition) is 2. The van der Waals surface area contributed by atoms with Crippen LogP contribution in [0.3, 0.4) is 0 Å². The van der Waals surface area contributed by atoms with E-state index in [1.165, 1.54) is 0 Å². The molecular weight excluding hydrogens is 259 g/mol. The molecule has 0 amide bonds. The first-order chi connectivity index (χ1) is 8.33. The summed E-state index contributed by atoms with van der Waals surface area (Å²) < 4.78 is 71.0. The Morgan fingerprint density at radius 3 is 2.33 bits per heavy atom. The molecular formula is C11H17F5O2. The first-order valence-corrected chi connectivity index (χ1v) is 6.01. The van der Waals surface area contributed by atoms with Gasteiger partial charge in [0.15, 0.2) is 6.29 Å². The fourth-order valence-corrected chi connectivity index (χ4v) is 1.65. The minimum Gasteiger partial charge on any atom is -0.353 e. The van der Waals surface area contributed by atoms with Crippen molar-refractivity contribution in [3.63, 3.8) is 0 Å². The summed E-state index contributed by atoms with van der Waals surface area (Å²) in [4.78, 5) is 0. The molecule has 1 fully saturated rings. The fraction of sp³-hybridized carbons (Fsp3) is 1.00. The molecule has 1 atom stereocenters. The molecule has 0 saturated carbocycles. The molecule has 0 aromatic rings. The summed E-state index contributed by atoms with van der Waals surface area (Å²) >= 11 is 0. The van der Waals surface area contributed by atoms with Crippen molar-refractivity contribution in [2.45, 2.75) is 56.9 Å². The van der Waals surface area contributed by atoms with E-state index in [0.717, 1.165) is 19.3 Å². The Kier molecular flexibility index (Phi) is 5.78. The van der Waals surface area contributed by atoms with Crippen LogP contribution < -0.4 is 0 Å². The number of rotatable bonds is 6. The second-order valence-corrected chi connectivity index (χ2v) is 4.33. The van der Waals surface area contributed by atoms with Crippen LogP contribution in [-0.4, -0.2) is 31.6 Å². The van der Waals surface area contributed by atoms with E-state index in [0.29, 0.717) is 6.61 Å². The SMILES string of the molecule is FC(F)(F)C(F)(F)CCCCOC1CCCCO1. The maximum Gasteiger partial charge on any atom is 0.453 e. The number of alkyl halides is 5. The van der Waals surface area contributed by atoms with Gasteiger partial charge in [-0.1, -0.05) is 0 Å². The van der Waals surface area contributed by atoms with Crippen molar-refractivity contribution in [2.75, 3.05) is 13.2 Å². The Balaban J connectivity index is 2.08. The van der Waals surface area contributed by atoms with Gasteiger partial charge in [-0.05, 0) is 32.1 Å². The zero-order valence-electron chi connectivity index (χ0n) is 9.94. The standard InChI is InChI=1S/C11H17F5O2/c12-10(13,11(14,15)16)6-2-4-8-18-9-5-1-3-7-17-9/h9H,1-8H2. The molecule has 108 valence electrons. The van der Waals surface area contributed by atoms with Crippen LogP contribution in [0.4, 0.5) is 22.0 Å². The third-order valence-corrected chi connectivity index (χ3v) is 2.74. The van der Waals surface area contributed by atoms with E-state index in [9.17, 15) is 22.0 Å². The first-order valence-electron chi connectivity index (χ1n) is 6.01. The molecule has 0 aromatic heterocycles. The Morgan fingerprint density at radius 1 is 1.06 bits per heavy atom. The van der Waals surface area contributed by atoms with Gasteiger partial charge in [-0.25, -0.2) is 0 Å². The Bertz CT molecular complexity index is 236. The molecule has 1 aliphatic rings. The number of hydrogen-bond donors (Lipinski definition) is 0. The van der Waals surface area contributed by atoms with Crippen molar-refractivity contribution in [3.05, 3.63) is 0 Å². The number of unbranched alkanes of at least 4 members (excludes halogenated alkanes) is 1. The maximum atomic E-state index is 12.5. The van der Waals surface area contributed by atoms with Crippen LogP contribution in [0.5, 0.6) is 0 Å². The average Bonchev–Trinajstić information content (AvgIpc) is 2.28. The molecule has 18 heavy (non-hydrogen) atoms. The predicted octanol–water partition coefficient (Wildman–Crippen LogP) is 3.90. The third kappa shape index (κ3) is 5.06. The molecule has 0 aromatic carbocycles. The van der Waals surface area contributed by atoms with E-state index in [2.05, 4.69) is 0 Å². The maximum absolute atomic E-state index is 12.5. The van der Waals surface area contributed by atoms with E-state index in [1.807, 2.05) is 0 Å². The lowest BCUT2D eigenvalue weighted by atomic mass is 10.1. The minimum atomic E-state index is -5.46. The lowest BCUT2D eigenvalue weighted by molar-refractivity contribution is -0.284. The average molecular weight is 276 g/mol. The van der Waals surface area contributed by atoms with E-state index < -0.39 is 18.5 Å². The molecule has 0 radical (unpaired) electrons. The molecule has 0 spiro atoms. The van der Waals surface area contributed by atoms with E-state index in [4.69, 9.17) is 9.47 Å². The summed E-state index contributed by atoms with van der Waals surface area (Å²) in [7, 11) is 0. The molecule has 0 bridgehead atoms. The van der Waals surface area contributed by atoms with Gasteiger partial charge in [-0.15, -0.1) is 0 Å². The first kappa shape index (κ1) is 15.6. The van der Waals surface area contributed by atoms with E-state index in [-0.39, 0.29) is 25.7 Å². The van der Waals surface area contributed by atoms with Crippen molar-refractivity contribution in [2.24, 2.45) is 0 Å². The summed E-state index contributed by atoms with van der Waals surface area (Å²) in [5.41, 5.74) is 0. The van der Waals surface area contributed by atoms with Gasteiger partial charge in [0.25, 0.3) is 0 Å². The van der Waals surface area contributed by atoms with Crippen molar-refractivity contribution >= 4 is 0 Å². The second kappa shape index (κ2) is 6.65. The molecule has 1 rings (SSSR count). The van der Waals surface area contributed by atoms with Gasteiger partial charge in [0.2, 0.25) is 0 Å². The Hall–Kier alpha value is -0.430. The Morgan fingerprint density at radius 2 is 1.78 bits per heavy atom. The van der Waals surface area contributed by atoms with Gasteiger partial charge in [0.1, 0.15) is 0 Å². The van der Waals surface area contributed by atoms with Gasteiger partial charge >= 0.3 is 12.1 Å². The third-order valence-electron chi connectivity index (χ3n) is 2.74. The van der Waals surface area contributed by atoms with Crippen molar-refractivity contribution in [1.82, 2.24) is 0 Å². The zero-order chi connectivity index (χ0) is 13.6. The largest absolute Gasteiger partial charge is 0.453 e. The minimum absolute atomic E-state index is 0.151. The quantitative estimate of drug-likeness (QED) is 0.541. The van der Waals surface area contributed by atoms with E-state index in [1.54, 1.807) is 0 Å². The second-order valence-electron chi connectivity index (χ2n) is 4.33. The topological polar surface area (TPSA) is 18.5 Å². The summed E-state index contributed by atoms with van der Waals surface area (Å²) in [6.07, 6.45) is -4.33. The fourth-order valence-electron chi connectivity index (χ4n) is 1.65. The number of ether oxygens (including phenoxy) is 2. The molecule has 7 heteroatoms. The monoisotopic (exact) mass is 276 g/mol. The smallest absolute Gasteiger partial charge is 0.353 e. The van der Waals surface area contributed by atoms with Crippen molar-refractivity contribution < 1.29 is 31.4 Å². The van der Waals surface area contributed by atoms with Crippen molar-refractivity contribution in [1.29, 1.82) is 0 Å². The van der Waals surface area contributed by atoms with Crippen LogP contribution in [0.2, 0.25) is 0 Å². The summed E-state index contributed by atoms with van der Waals surface area (Å²) in [5, 5.41) is 0. The Labute approximate surface area is 102 Å². The lowest BCUT2D eigenvalue weighted by Gasteiger charge is -2.23. The van der Waals surface area contributed by atoms with E-state index >= 15 is 0 Å². The zero-order valence-corrected chi connectivity index (χ0v) is 9.94. The highest BCUT2D eigenvalue weighted by molar-refractivity contribution is 4.75. The van der Waals surface area contributed by atoms with Crippen LogP contribution >= 0.6 is 0 Å². The van der Waals surface area contributed by atoms with Crippen LogP contribution in [-0.2, 0) is 9.47 Å². The number of halogens is 5. The van der Waals surface area contributed by atoms with Crippen LogP contribution in [0.15, 0.2) is 0 Å². The van der Waals surface area contributed by atoms with Gasteiger partial charge in [-0.3, -0.25) is 0 Å². The van der Waals surface area contributed by atoms with Gasteiger partial charge in [0, 0.05) is 19.6 Å². The summed E-state index contributed by atoms with van der Waals surface area (Å²) in [6.45, 7) is 0.759. The lowest BCUT2D eigenvalue weighted by Crippen LogP contribution is -2.36. The highest BCUT2D eigenvalue weighted by Crippen LogP contribution is 2.39. The highest BCUT2D eigenvalue weighted by Gasteiger charge is 2.56. The van der Waals surface area contributed by atoms with Gasteiger partial charge in [-0.2, -0.15) is 22.0 Å². The summed E-state index contributed by atoms with van der Waals surface area (Å²) in [5.74, 6) is -4.60. The van der Waals surface area contributed by atoms with Gasteiger partial charge in [0.05, 0.1) is 0 Å². The van der Waals surface area contributed by atoms with Gasteiger partial charge < -0.3 is 9.47 Å². The van der Waals surface area contributed by atoms with Crippen LogP contribution in [0.1, 0.15) is 38.5 Å². The summed E-state index contributed by atoms with van der Waals surface area (Å²) in [6, 6.07) is 0. The molecule has 1 heterocycles. The molecule has 1 saturated heterocycles. The van der Waals surface area contributed by atoms with Crippen LogP contribution in [0.25, 0.3) is 0 Å².